The molecule has 8 nitrogen and oxygen atoms in total. The molecular formula is C12H13FN2O6. The lowest BCUT2D eigenvalue weighted by Gasteiger charge is -2.09. The van der Waals surface area contributed by atoms with Gasteiger partial charge in [0.25, 0.3) is 11.6 Å². The molecule has 0 bridgehead atoms. The Kier molecular flexibility index (Phi) is 5.30. The van der Waals surface area contributed by atoms with Gasteiger partial charge in [-0.25, -0.2) is 9.18 Å². The highest BCUT2D eigenvalue weighted by atomic mass is 19.1. The summed E-state index contributed by atoms with van der Waals surface area (Å²) >= 11 is 0. The fourth-order valence-corrected chi connectivity index (χ4v) is 1.56. The van der Waals surface area contributed by atoms with Crippen molar-refractivity contribution in [2.75, 3.05) is 6.54 Å². The van der Waals surface area contributed by atoms with E-state index in [9.17, 15) is 24.1 Å². The highest BCUT2D eigenvalue weighted by Crippen LogP contribution is 2.20. The van der Waals surface area contributed by atoms with Crippen molar-refractivity contribution in [3.05, 3.63) is 39.2 Å². The molecule has 0 radical (unpaired) electrons. The number of aliphatic hydroxyl groups excluding tert-OH is 1. The third kappa shape index (κ3) is 4.21. The minimum atomic E-state index is -1.65. The SMILES string of the molecule is Cc1cc([N+](=O)[O-])cc(C(=O)NCC[C@H](O)C(=O)O)c1F. The van der Waals surface area contributed by atoms with Gasteiger partial charge >= 0.3 is 5.97 Å². The summed E-state index contributed by atoms with van der Waals surface area (Å²) in [6.07, 6.45) is -1.92. The Hall–Kier alpha value is -2.55. The van der Waals surface area contributed by atoms with Crippen LogP contribution in [-0.2, 0) is 4.79 Å². The van der Waals surface area contributed by atoms with E-state index in [2.05, 4.69) is 5.32 Å². The van der Waals surface area contributed by atoms with Crippen LogP contribution in [0.25, 0.3) is 0 Å². The summed E-state index contributed by atoms with van der Waals surface area (Å²) in [5, 5.41) is 30.3. The van der Waals surface area contributed by atoms with Crippen molar-refractivity contribution in [1.29, 1.82) is 0 Å². The second-order valence-corrected chi connectivity index (χ2v) is 4.28. The number of nitro groups is 1. The summed E-state index contributed by atoms with van der Waals surface area (Å²) in [6, 6.07) is 1.80. The molecule has 1 rings (SSSR count). The van der Waals surface area contributed by atoms with Gasteiger partial charge in [0, 0.05) is 25.1 Å². The van der Waals surface area contributed by atoms with Gasteiger partial charge in [-0.05, 0) is 12.5 Å². The van der Waals surface area contributed by atoms with Crippen LogP contribution in [0.1, 0.15) is 22.3 Å². The monoisotopic (exact) mass is 300 g/mol. The summed E-state index contributed by atoms with van der Waals surface area (Å²) < 4.78 is 13.8. The summed E-state index contributed by atoms with van der Waals surface area (Å²) in [4.78, 5) is 32.0. The smallest absolute Gasteiger partial charge is 0.332 e. The number of aliphatic carboxylic acids is 1. The number of aryl methyl sites for hydroxylation is 1. The molecule has 0 aliphatic rings. The molecule has 0 aliphatic carbocycles. The molecule has 0 saturated heterocycles. The Bertz CT molecular complexity index is 589. The van der Waals surface area contributed by atoms with E-state index in [1.165, 1.54) is 6.92 Å². The van der Waals surface area contributed by atoms with E-state index in [1.807, 2.05) is 0 Å². The van der Waals surface area contributed by atoms with Gasteiger partial charge in [-0.2, -0.15) is 0 Å². The first-order valence-corrected chi connectivity index (χ1v) is 5.87. The molecular weight excluding hydrogens is 287 g/mol. The zero-order chi connectivity index (χ0) is 16.2. The molecule has 0 fully saturated rings. The topological polar surface area (TPSA) is 130 Å². The highest BCUT2D eigenvalue weighted by molar-refractivity contribution is 5.95. The molecule has 3 N–H and O–H groups in total. The van der Waals surface area contributed by atoms with Gasteiger partial charge in [-0.3, -0.25) is 14.9 Å². The predicted octanol–water partition coefficient (Wildman–Crippen LogP) is 0.608. The van der Waals surface area contributed by atoms with Crippen LogP contribution in [-0.4, -0.2) is 39.7 Å². The molecule has 0 heterocycles. The standard InChI is InChI=1S/C12H13FN2O6/c1-6-4-7(15(20)21)5-8(10(6)13)11(17)14-3-2-9(16)12(18)19/h4-5,9,16H,2-3H2,1H3,(H,14,17)(H,18,19)/t9-/m0/s1. The number of nitrogens with zero attached hydrogens (tertiary/aromatic N) is 1. The Morgan fingerprint density at radius 1 is 1.48 bits per heavy atom. The lowest BCUT2D eigenvalue weighted by molar-refractivity contribution is -0.385. The van der Waals surface area contributed by atoms with Crippen LogP contribution in [0.15, 0.2) is 12.1 Å². The van der Waals surface area contributed by atoms with E-state index in [0.717, 1.165) is 12.1 Å². The van der Waals surface area contributed by atoms with Gasteiger partial charge in [-0.15, -0.1) is 0 Å². The maximum atomic E-state index is 13.8. The number of benzene rings is 1. The van der Waals surface area contributed by atoms with Crippen molar-refractivity contribution < 1.29 is 29.1 Å². The predicted molar refractivity (Wildman–Crippen MR) is 68.4 cm³/mol. The first kappa shape index (κ1) is 16.5. The van der Waals surface area contributed by atoms with E-state index in [1.54, 1.807) is 0 Å². The highest BCUT2D eigenvalue weighted by Gasteiger charge is 2.20. The third-order valence-electron chi connectivity index (χ3n) is 2.68. The van der Waals surface area contributed by atoms with Crippen LogP contribution in [0.5, 0.6) is 0 Å². The van der Waals surface area contributed by atoms with Crippen LogP contribution in [0.3, 0.4) is 0 Å². The van der Waals surface area contributed by atoms with Crippen molar-refractivity contribution in [2.24, 2.45) is 0 Å². The number of nitrogens with one attached hydrogen (secondary N) is 1. The Morgan fingerprint density at radius 2 is 2.10 bits per heavy atom. The zero-order valence-corrected chi connectivity index (χ0v) is 11.0. The van der Waals surface area contributed by atoms with Crippen molar-refractivity contribution in [1.82, 2.24) is 5.32 Å². The number of carbonyl (C=O) groups excluding carboxylic acids is 1. The number of hydrogen-bond donors (Lipinski definition) is 3. The molecule has 0 saturated carbocycles. The zero-order valence-electron chi connectivity index (χ0n) is 11.0. The maximum Gasteiger partial charge on any atom is 0.332 e. The molecule has 0 spiro atoms. The molecule has 1 amide bonds. The number of carboxylic acids is 1. The van der Waals surface area contributed by atoms with Crippen molar-refractivity contribution in [3.63, 3.8) is 0 Å². The number of amides is 1. The van der Waals surface area contributed by atoms with Gasteiger partial charge in [0.15, 0.2) is 6.10 Å². The van der Waals surface area contributed by atoms with Gasteiger partial charge in [0.05, 0.1) is 10.5 Å². The van der Waals surface area contributed by atoms with Crippen LogP contribution in [0.4, 0.5) is 10.1 Å². The molecule has 1 aromatic rings. The van der Waals surface area contributed by atoms with Crippen LogP contribution >= 0.6 is 0 Å². The fourth-order valence-electron chi connectivity index (χ4n) is 1.56. The quantitative estimate of drug-likeness (QED) is 0.521. The van der Waals surface area contributed by atoms with Crippen molar-refractivity contribution in [2.45, 2.75) is 19.4 Å². The van der Waals surface area contributed by atoms with Gasteiger partial charge < -0.3 is 15.5 Å². The number of rotatable bonds is 6. The summed E-state index contributed by atoms with van der Waals surface area (Å²) in [6.45, 7) is 1.07. The Morgan fingerprint density at radius 3 is 2.62 bits per heavy atom. The average molecular weight is 300 g/mol. The Balaban J connectivity index is 2.83. The number of carbonyl (C=O) groups is 2. The number of aliphatic hydroxyl groups is 1. The third-order valence-corrected chi connectivity index (χ3v) is 2.68. The minimum Gasteiger partial charge on any atom is -0.479 e. The molecule has 9 heteroatoms. The number of hydrogen-bond acceptors (Lipinski definition) is 5. The van der Waals surface area contributed by atoms with Gasteiger partial charge in [0.1, 0.15) is 5.82 Å². The van der Waals surface area contributed by atoms with E-state index >= 15 is 0 Å². The van der Waals surface area contributed by atoms with Crippen molar-refractivity contribution in [3.8, 4) is 0 Å². The normalized spacial score (nSPS) is 11.8. The second kappa shape index (κ2) is 6.75. The Labute approximate surface area is 118 Å². The number of nitro benzene ring substituents is 1. The number of halogens is 1. The molecule has 0 unspecified atom stereocenters. The first-order chi connectivity index (χ1) is 9.73. The molecule has 0 aromatic heterocycles. The fraction of sp³-hybridized carbons (Fsp3) is 0.333. The summed E-state index contributed by atoms with van der Waals surface area (Å²) in [5.74, 6) is -3.25. The van der Waals surface area contributed by atoms with Gasteiger partial charge in [-0.1, -0.05) is 0 Å². The van der Waals surface area contributed by atoms with Crippen LogP contribution in [0, 0.1) is 22.9 Å². The first-order valence-electron chi connectivity index (χ1n) is 5.87. The maximum absolute atomic E-state index is 13.8. The molecule has 21 heavy (non-hydrogen) atoms. The van der Waals surface area contributed by atoms with Crippen molar-refractivity contribution >= 4 is 17.6 Å². The molecule has 114 valence electrons. The largest absolute Gasteiger partial charge is 0.479 e. The van der Waals surface area contributed by atoms with E-state index in [0.29, 0.717) is 0 Å². The van der Waals surface area contributed by atoms with Gasteiger partial charge in [0.2, 0.25) is 0 Å². The molecule has 1 atom stereocenters. The lowest BCUT2D eigenvalue weighted by atomic mass is 10.1. The summed E-state index contributed by atoms with van der Waals surface area (Å²) in [5.41, 5.74) is -0.990. The summed E-state index contributed by atoms with van der Waals surface area (Å²) in [7, 11) is 0. The number of carboxylic acid groups (broad SMARTS) is 1. The molecule has 1 aromatic carbocycles. The minimum absolute atomic E-state index is 0.0556. The van der Waals surface area contributed by atoms with E-state index in [4.69, 9.17) is 10.2 Å². The van der Waals surface area contributed by atoms with E-state index < -0.39 is 40.0 Å². The van der Waals surface area contributed by atoms with Crippen LogP contribution < -0.4 is 5.32 Å². The van der Waals surface area contributed by atoms with E-state index in [-0.39, 0.29) is 18.5 Å². The lowest BCUT2D eigenvalue weighted by Crippen LogP contribution is -2.30. The molecule has 0 aliphatic heterocycles. The average Bonchev–Trinajstić information content (AvgIpc) is 2.40. The van der Waals surface area contributed by atoms with Crippen LogP contribution in [0.2, 0.25) is 0 Å². The second-order valence-electron chi connectivity index (χ2n) is 4.28. The number of non-ortho nitro benzene ring substituents is 1.